The maximum Gasteiger partial charge on any atom is 0.141 e. The van der Waals surface area contributed by atoms with Gasteiger partial charge in [-0.2, -0.15) is 5.10 Å². The van der Waals surface area contributed by atoms with Crippen molar-refractivity contribution in [3.05, 3.63) is 12.2 Å². The summed E-state index contributed by atoms with van der Waals surface area (Å²) in [5.74, 6) is 1.75. The van der Waals surface area contributed by atoms with Crippen LogP contribution in [0.25, 0.3) is 0 Å². The normalized spacial score (nSPS) is 27.4. The fourth-order valence-corrected chi connectivity index (χ4v) is 3.02. The van der Waals surface area contributed by atoms with E-state index >= 15 is 0 Å². The van der Waals surface area contributed by atoms with Crippen LogP contribution in [0, 0.1) is 5.92 Å². The third kappa shape index (κ3) is 3.64. The Kier molecular flexibility index (Phi) is 5.38. The summed E-state index contributed by atoms with van der Waals surface area (Å²) in [6.07, 6.45) is 3.93. The molecule has 1 N–H and O–H groups in total. The second-order valence-electron chi connectivity index (χ2n) is 6.86. The van der Waals surface area contributed by atoms with E-state index < -0.39 is 0 Å². The summed E-state index contributed by atoms with van der Waals surface area (Å²) in [5.41, 5.74) is 0.203. The van der Waals surface area contributed by atoms with Crippen LogP contribution < -0.4 is 5.32 Å². The number of hydrogen-bond acceptors (Lipinski definition) is 4. The lowest BCUT2D eigenvalue weighted by Gasteiger charge is -2.48. The lowest BCUT2D eigenvalue weighted by atomic mass is 9.89. The number of aryl methyl sites for hydroxylation is 1. The molecule has 2 unspecified atom stereocenters. The Morgan fingerprint density at radius 3 is 2.81 bits per heavy atom. The Labute approximate surface area is 129 Å². The monoisotopic (exact) mass is 293 g/mol. The molecular weight excluding hydrogens is 262 g/mol. The molecule has 1 aromatic rings. The fraction of sp³-hybridized carbons (Fsp3) is 0.875. The molecule has 2 rings (SSSR count). The first-order chi connectivity index (χ1) is 10.00. The van der Waals surface area contributed by atoms with Gasteiger partial charge in [0.1, 0.15) is 12.2 Å². The van der Waals surface area contributed by atoms with Gasteiger partial charge in [-0.3, -0.25) is 4.90 Å². The van der Waals surface area contributed by atoms with Crippen molar-refractivity contribution in [2.24, 2.45) is 5.92 Å². The van der Waals surface area contributed by atoms with Gasteiger partial charge in [0, 0.05) is 31.2 Å². The van der Waals surface area contributed by atoms with Crippen molar-refractivity contribution in [1.82, 2.24) is 25.0 Å². The summed E-state index contributed by atoms with van der Waals surface area (Å²) >= 11 is 0. The van der Waals surface area contributed by atoms with Crippen molar-refractivity contribution in [2.45, 2.75) is 72.1 Å². The largest absolute Gasteiger partial charge is 0.311 e. The summed E-state index contributed by atoms with van der Waals surface area (Å²) < 4.78 is 2.06. The molecule has 0 saturated carbocycles. The number of nitrogens with zero attached hydrogens (tertiary/aromatic N) is 4. The van der Waals surface area contributed by atoms with Crippen molar-refractivity contribution in [3.63, 3.8) is 0 Å². The summed E-state index contributed by atoms with van der Waals surface area (Å²) in [6.45, 7) is 15.4. The molecule has 0 aromatic carbocycles. The molecule has 1 saturated heterocycles. The molecule has 2 atom stereocenters. The van der Waals surface area contributed by atoms with E-state index in [0.717, 1.165) is 44.8 Å². The molecule has 0 amide bonds. The standard InChI is InChI=1S/C16H31N5/c1-6-8-21-15(18-12-19-21)10-20-9-14(13(3)4)17-11-16(20,5)7-2/h12-14,17H,6-11H2,1-5H3. The average molecular weight is 293 g/mol. The molecular formula is C16H31N5. The maximum atomic E-state index is 4.49. The summed E-state index contributed by atoms with van der Waals surface area (Å²) in [4.78, 5) is 7.09. The maximum absolute atomic E-state index is 4.49. The van der Waals surface area contributed by atoms with Gasteiger partial charge in [-0.25, -0.2) is 9.67 Å². The fourth-order valence-electron chi connectivity index (χ4n) is 3.02. The van der Waals surface area contributed by atoms with Crippen molar-refractivity contribution in [3.8, 4) is 0 Å². The Morgan fingerprint density at radius 2 is 2.19 bits per heavy atom. The lowest BCUT2D eigenvalue weighted by molar-refractivity contribution is 0.0284. The molecule has 1 aromatic heterocycles. The van der Waals surface area contributed by atoms with Crippen LogP contribution in [0.3, 0.4) is 0 Å². The van der Waals surface area contributed by atoms with E-state index in [4.69, 9.17) is 0 Å². The number of piperazine rings is 1. The van der Waals surface area contributed by atoms with Gasteiger partial charge in [0.05, 0.1) is 6.54 Å². The van der Waals surface area contributed by atoms with Gasteiger partial charge in [0.25, 0.3) is 0 Å². The Hall–Kier alpha value is -0.940. The zero-order valence-electron chi connectivity index (χ0n) is 14.3. The molecule has 1 aliphatic rings. The first kappa shape index (κ1) is 16.4. The van der Waals surface area contributed by atoms with Gasteiger partial charge in [-0.1, -0.05) is 27.7 Å². The zero-order valence-corrected chi connectivity index (χ0v) is 14.3. The third-order valence-electron chi connectivity index (χ3n) is 4.96. The first-order valence-electron chi connectivity index (χ1n) is 8.35. The predicted molar refractivity (Wildman–Crippen MR) is 86.0 cm³/mol. The van der Waals surface area contributed by atoms with E-state index in [1.165, 1.54) is 0 Å². The van der Waals surface area contributed by atoms with Crippen LogP contribution >= 0.6 is 0 Å². The van der Waals surface area contributed by atoms with E-state index in [-0.39, 0.29) is 5.54 Å². The lowest BCUT2D eigenvalue weighted by Crippen LogP contribution is -2.63. The van der Waals surface area contributed by atoms with Crippen molar-refractivity contribution in [1.29, 1.82) is 0 Å². The average Bonchev–Trinajstić information content (AvgIpc) is 2.89. The molecule has 5 heteroatoms. The molecule has 0 bridgehead atoms. The Morgan fingerprint density at radius 1 is 1.43 bits per heavy atom. The van der Waals surface area contributed by atoms with Crippen LogP contribution in [-0.4, -0.2) is 44.3 Å². The van der Waals surface area contributed by atoms with E-state index in [0.29, 0.717) is 12.0 Å². The van der Waals surface area contributed by atoms with Crippen LogP contribution in [0.1, 0.15) is 53.3 Å². The van der Waals surface area contributed by atoms with E-state index in [9.17, 15) is 0 Å². The van der Waals surface area contributed by atoms with Crippen molar-refractivity contribution < 1.29 is 0 Å². The van der Waals surface area contributed by atoms with Gasteiger partial charge in [-0.15, -0.1) is 0 Å². The Bertz CT molecular complexity index is 442. The van der Waals surface area contributed by atoms with Crippen LogP contribution in [0.4, 0.5) is 0 Å². The molecule has 0 aliphatic carbocycles. The quantitative estimate of drug-likeness (QED) is 0.874. The van der Waals surface area contributed by atoms with Gasteiger partial charge in [0.15, 0.2) is 0 Å². The molecule has 120 valence electrons. The van der Waals surface area contributed by atoms with E-state index in [1.807, 2.05) is 0 Å². The molecule has 0 radical (unpaired) electrons. The van der Waals surface area contributed by atoms with Crippen LogP contribution in [-0.2, 0) is 13.1 Å². The smallest absolute Gasteiger partial charge is 0.141 e. The highest BCUT2D eigenvalue weighted by Crippen LogP contribution is 2.26. The van der Waals surface area contributed by atoms with Gasteiger partial charge >= 0.3 is 0 Å². The minimum absolute atomic E-state index is 0.203. The van der Waals surface area contributed by atoms with Crippen molar-refractivity contribution >= 4 is 0 Å². The summed E-state index contributed by atoms with van der Waals surface area (Å²) in [5, 5.41) is 8.09. The van der Waals surface area contributed by atoms with Crippen LogP contribution in [0.15, 0.2) is 6.33 Å². The van der Waals surface area contributed by atoms with Crippen molar-refractivity contribution in [2.75, 3.05) is 13.1 Å². The summed E-state index contributed by atoms with van der Waals surface area (Å²) in [7, 11) is 0. The zero-order chi connectivity index (χ0) is 15.5. The second kappa shape index (κ2) is 6.88. The molecule has 1 fully saturated rings. The molecule has 21 heavy (non-hydrogen) atoms. The van der Waals surface area contributed by atoms with Crippen LogP contribution in [0.2, 0.25) is 0 Å². The summed E-state index contributed by atoms with van der Waals surface area (Å²) in [6, 6.07) is 0.562. The van der Waals surface area contributed by atoms with E-state index in [2.05, 4.69) is 59.6 Å². The SMILES string of the molecule is CCCn1ncnc1CN1CC(C(C)C)NCC1(C)CC. The van der Waals surface area contributed by atoms with Crippen LogP contribution in [0.5, 0.6) is 0 Å². The molecule has 1 aliphatic heterocycles. The molecule has 2 heterocycles. The highest BCUT2D eigenvalue weighted by Gasteiger charge is 2.37. The van der Waals surface area contributed by atoms with Gasteiger partial charge in [0.2, 0.25) is 0 Å². The minimum atomic E-state index is 0.203. The Balaban J connectivity index is 2.14. The number of rotatable bonds is 6. The first-order valence-corrected chi connectivity index (χ1v) is 8.35. The minimum Gasteiger partial charge on any atom is -0.311 e. The topological polar surface area (TPSA) is 46.0 Å². The number of hydrogen-bond donors (Lipinski definition) is 1. The molecule has 5 nitrogen and oxygen atoms in total. The highest BCUT2D eigenvalue weighted by atomic mass is 15.4. The number of aromatic nitrogens is 3. The second-order valence-corrected chi connectivity index (χ2v) is 6.86. The number of nitrogens with one attached hydrogen (secondary N) is 1. The predicted octanol–water partition coefficient (Wildman–Crippen LogP) is 2.29. The third-order valence-corrected chi connectivity index (χ3v) is 4.96. The van der Waals surface area contributed by atoms with Gasteiger partial charge in [-0.05, 0) is 25.7 Å². The van der Waals surface area contributed by atoms with Gasteiger partial charge < -0.3 is 5.32 Å². The van der Waals surface area contributed by atoms with E-state index in [1.54, 1.807) is 6.33 Å². The highest BCUT2D eigenvalue weighted by molar-refractivity contribution is 4.98. The molecule has 0 spiro atoms.